The van der Waals surface area contributed by atoms with Gasteiger partial charge in [-0.1, -0.05) is 0 Å². The minimum Gasteiger partial charge on any atom is -1.00 e. The number of hydrogen-bond acceptors (Lipinski definition) is 0. The van der Waals surface area contributed by atoms with Gasteiger partial charge >= 0.3 is 221 Å². The summed E-state index contributed by atoms with van der Waals surface area (Å²) in [5.74, 6) is 0. The maximum absolute atomic E-state index is 2.46. The molecule has 7 rings (SSSR count). The van der Waals surface area contributed by atoms with Crippen molar-refractivity contribution in [1.29, 1.82) is 0 Å². The average molecular weight is 686 g/mol. The van der Waals surface area contributed by atoms with Gasteiger partial charge in [0.25, 0.3) is 0 Å². The SMILES string of the molecule is CC1=C2CCC3=C(C)[CH]([Hf+2][CH]1c1cccc(-c4ccccc4)c12)c1cccc(-c2ccccc2)c13.[Cl-].[Cl-]. The summed E-state index contributed by atoms with van der Waals surface area (Å²) in [5, 5.41) is 0. The predicted molar refractivity (Wildman–Crippen MR) is 144 cm³/mol. The molecule has 1 heterocycles. The normalized spacial score (nSPS) is 18.8. The van der Waals surface area contributed by atoms with Gasteiger partial charge in [0.2, 0.25) is 0 Å². The molecule has 1 aliphatic heterocycles. The summed E-state index contributed by atoms with van der Waals surface area (Å²) in [6.07, 6.45) is 2.29. The quantitative estimate of drug-likeness (QED) is 0.285. The van der Waals surface area contributed by atoms with E-state index in [1.165, 1.54) is 22.3 Å². The van der Waals surface area contributed by atoms with Crippen molar-refractivity contribution in [2.75, 3.05) is 0 Å². The van der Waals surface area contributed by atoms with Crippen molar-refractivity contribution in [1.82, 2.24) is 0 Å². The predicted octanol–water partition coefficient (Wildman–Crippen LogP) is 3.26. The third-order valence-corrected chi connectivity index (χ3v) is 16.1. The van der Waals surface area contributed by atoms with Crippen molar-refractivity contribution in [3.05, 3.63) is 130 Å². The first-order chi connectivity index (χ1) is 17.2. The van der Waals surface area contributed by atoms with Crippen molar-refractivity contribution in [3.63, 3.8) is 0 Å². The molecule has 2 atom stereocenters. The van der Waals surface area contributed by atoms with Crippen LogP contribution in [0.15, 0.2) is 108 Å². The molecular formula is C34H28Cl2Hf. The Hall–Kier alpha value is -2.19. The molecule has 4 bridgehead atoms. The Morgan fingerprint density at radius 3 is 1.32 bits per heavy atom. The van der Waals surface area contributed by atoms with Gasteiger partial charge in [0.15, 0.2) is 0 Å². The topological polar surface area (TPSA) is 0 Å². The molecule has 182 valence electrons. The van der Waals surface area contributed by atoms with Crippen LogP contribution in [0.4, 0.5) is 0 Å². The average Bonchev–Trinajstić information content (AvgIpc) is 3.34. The van der Waals surface area contributed by atoms with E-state index < -0.39 is 22.9 Å². The Morgan fingerprint density at radius 2 is 0.919 bits per heavy atom. The maximum atomic E-state index is 2.46. The Morgan fingerprint density at radius 1 is 0.514 bits per heavy atom. The Kier molecular flexibility index (Phi) is 7.51. The molecule has 2 aliphatic carbocycles. The molecule has 0 spiro atoms. The molecule has 2 unspecified atom stereocenters. The van der Waals surface area contributed by atoms with E-state index in [1.54, 1.807) is 44.5 Å². The van der Waals surface area contributed by atoms with Crippen LogP contribution < -0.4 is 24.8 Å². The molecule has 0 amide bonds. The van der Waals surface area contributed by atoms with Gasteiger partial charge in [-0.15, -0.1) is 0 Å². The summed E-state index contributed by atoms with van der Waals surface area (Å²) in [6.45, 7) is 4.92. The first kappa shape index (κ1) is 26.4. The molecule has 37 heavy (non-hydrogen) atoms. The molecule has 0 nitrogen and oxygen atoms in total. The third-order valence-electron chi connectivity index (χ3n) is 8.36. The molecule has 0 saturated heterocycles. The van der Waals surface area contributed by atoms with Crippen LogP contribution in [-0.4, -0.2) is 0 Å². The summed E-state index contributed by atoms with van der Waals surface area (Å²) in [7, 11) is 0. The van der Waals surface area contributed by atoms with Crippen LogP contribution in [0.2, 0.25) is 0 Å². The Bertz CT molecular complexity index is 1420. The molecule has 0 saturated carbocycles. The van der Waals surface area contributed by atoms with Gasteiger partial charge in [-0.3, -0.25) is 0 Å². The van der Waals surface area contributed by atoms with Crippen molar-refractivity contribution >= 4 is 11.1 Å². The Balaban J connectivity index is 0.00000140. The second kappa shape index (κ2) is 10.5. The van der Waals surface area contributed by atoms with Crippen LogP contribution >= 0.6 is 0 Å². The number of halogens is 2. The summed E-state index contributed by atoms with van der Waals surface area (Å²) >= 11 is -1.14. The van der Waals surface area contributed by atoms with E-state index in [9.17, 15) is 0 Å². The fourth-order valence-corrected chi connectivity index (χ4v) is 14.0. The van der Waals surface area contributed by atoms with Gasteiger partial charge in [0.05, 0.1) is 0 Å². The zero-order valence-electron chi connectivity index (χ0n) is 21.1. The molecular weight excluding hydrogens is 658 g/mol. The summed E-state index contributed by atoms with van der Waals surface area (Å²) in [5.41, 5.74) is 18.6. The fourth-order valence-electron chi connectivity index (χ4n) is 6.71. The second-order valence-electron chi connectivity index (χ2n) is 10.1. The van der Waals surface area contributed by atoms with Gasteiger partial charge in [0.1, 0.15) is 0 Å². The van der Waals surface area contributed by atoms with E-state index >= 15 is 0 Å². The smallest absolute Gasteiger partial charge is 1.00 e. The van der Waals surface area contributed by atoms with E-state index in [0.29, 0.717) is 7.35 Å². The molecule has 3 aliphatic rings. The minimum atomic E-state index is -1.14. The van der Waals surface area contributed by atoms with Gasteiger partial charge < -0.3 is 24.8 Å². The van der Waals surface area contributed by atoms with Gasteiger partial charge in [0, 0.05) is 0 Å². The standard InChI is InChI=1S/C34H28.2ClH.Hf/c1-23-21-27-15-9-17-31(25-11-5-3-6-12-25)33(27)29(23)19-20-30-24(2)22-28-16-10-18-32(34(28)30)26-13-7-4-8-14-26;;;/h3-18,21-22H,19-20H2,1-2H3;2*1H;/q;;;+2/p-2. The number of fused-ring (bicyclic) bond motifs is 8. The molecule has 0 radical (unpaired) electrons. The van der Waals surface area contributed by atoms with Crippen LogP contribution in [0.1, 0.15) is 56.3 Å². The summed E-state index contributed by atoms with van der Waals surface area (Å²) in [4.78, 5) is 0. The Labute approximate surface area is 244 Å². The van der Waals surface area contributed by atoms with Crippen molar-refractivity contribution in [3.8, 4) is 22.3 Å². The van der Waals surface area contributed by atoms with Crippen molar-refractivity contribution in [2.24, 2.45) is 0 Å². The van der Waals surface area contributed by atoms with Crippen LogP contribution in [0.25, 0.3) is 33.4 Å². The van der Waals surface area contributed by atoms with E-state index in [4.69, 9.17) is 0 Å². The summed E-state index contributed by atoms with van der Waals surface area (Å²) < 4.78 is 1.38. The van der Waals surface area contributed by atoms with Crippen LogP contribution in [0.5, 0.6) is 0 Å². The molecule has 4 aromatic carbocycles. The van der Waals surface area contributed by atoms with E-state index in [1.807, 2.05) is 0 Å². The van der Waals surface area contributed by atoms with Crippen LogP contribution in [-0.2, 0) is 22.9 Å². The zero-order valence-corrected chi connectivity index (χ0v) is 26.2. The number of benzene rings is 4. The van der Waals surface area contributed by atoms with E-state index in [-0.39, 0.29) is 24.8 Å². The van der Waals surface area contributed by atoms with Crippen molar-refractivity contribution < 1.29 is 47.7 Å². The number of rotatable bonds is 2. The molecule has 0 aromatic heterocycles. The van der Waals surface area contributed by atoms with Crippen molar-refractivity contribution in [2.45, 2.75) is 34.0 Å². The first-order valence-electron chi connectivity index (χ1n) is 12.7. The molecule has 3 heteroatoms. The third kappa shape index (κ3) is 4.15. The van der Waals surface area contributed by atoms with E-state index in [0.717, 1.165) is 12.8 Å². The monoisotopic (exact) mass is 686 g/mol. The summed E-state index contributed by atoms with van der Waals surface area (Å²) in [6, 6.07) is 36.3. The fraction of sp³-hybridized carbons (Fsp3) is 0.176. The van der Waals surface area contributed by atoms with Crippen LogP contribution in [0.3, 0.4) is 0 Å². The van der Waals surface area contributed by atoms with E-state index in [2.05, 4.69) is 111 Å². The second-order valence-corrected chi connectivity index (χ2v) is 15.5. The zero-order chi connectivity index (χ0) is 23.5. The maximum Gasteiger partial charge on any atom is -1.00 e. The van der Waals surface area contributed by atoms with Gasteiger partial charge in [-0.05, 0) is 0 Å². The minimum absolute atomic E-state index is 0. The first-order valence-corrected chi connectivity index (χ1v) is 16.9. The largest absolute Gasteiger partial charge is 1.00 e. The number of hydrogen-bond donors (Lipinski definition) is 0. The van der Waals surface area contributed by atoms with Crippen LogP contribution in [0, 0.1) is 0 Å². The molecule has 4 aromatic rings. The number of allylic oxidation sites excluding steroid dienone is 4. The molecule has 0 N–H and O–H groups in total. The van der Waals surface area contributed by atoms with Gasteiger partial charge in [-0.2, -0.15) is 0 Å². The van der Waals surface area contributed by atoms with Gasteiger partial charge in [-0.25, -0.2) is 0 Å². The molecule has 0 fully saturated rings.